The van der Waals surface area contributed by atoms with Crippen molar-refractivity contribution >= 4 is 11.8 Å². The summed E-state index contributed by atoms with van der Waals surface area (Å²) in [6, 6.07) is 24.5. The van der Waals surface area contributed by atoms with Crippen LogP contribution >= 0.6 is 0 Å². The normalized spacial score (nSPS) is 23.1. The Hall–Kier alpha value is -3.18. The smallest absolute Gasteiger partial charge is 0.415 e. The SMILES string of the molecule is Cc1ccccc1CC[N+]12CCC(CC1)[C@@H](OC(=O)N(Cc1ccc(F)cc1)c1ccccc1)C2. The summed E-state index contributed by atoms with van der Waals surface area (Å²) in [5, 5.41) is 0. The Morgan fingerprint density at radius 3 is 2.37 bits per heavy atom. The van der Waals surface area contributed by atoms with Gasteiger partial charge < -0.3 is 9.22 Å². The number of quaternary nitrogens is 1. The number of ether oxygens (including phenoxy) is 1. The maximum Gasteiger partial charge on any atom is 0.415 e. The number of halogens is 1. The van der Waals surface area contributed by atoms with Crippen molar-refractivity contribution in [3.05, 3.63) is 101 Å². The number of aryl methyl sites for hydroxylation is 1. The maximum absolute atomic E-state index is 13.5. The Labute approximate surface area is 207 Å². The fourth-order valence-electron chi connectivity index (χ4n) is 5.75. The highest BCUT2D eigenvalue weighted by atomic mass is 19.1. The number of piperidine rings is 3. The number of anilines is 1. The lowest BCUT2D eigenvalue weighted by atomic mass is 9.83. The molecule has 2 bridgehead atoms. The third-order valence-electron chi connectivity index (χ3n) is 7.95. The Kier molecular flexibility index (Phi) is 6.87. The van der Waals surface area contributed by atoms with Gasteiger partial charge in [0.25, 0.3) is 0 Å². The molecule has 0 radical (unpaired) electrons. The molecule has 3 aliphatic rings. The monoisotopic (exact) mass is 473 g/mol. The quantitative estimate of drug-likeness (QED) is 0.387. The summed E-state index contributed by atoms with van der Waals surface area (Å²) >= 11 is 0. The number of benzene rings is 3. The van der Waals surface area contributed by atoms with E-state index in [2.05, 4.69) is 31.2 Å². The van der Waals surface area contributed by atoms with E-state index in [1.54, 1.807) is 17.0 Å². The van der Waals surface area contributed by atoms with Gasteiger partial charge in [0, 0.05) is 30.9 Å². The lowest BCUT2D eigenvalue weighted by Gasteiger charge is -2.52. The van der Waals surface area contributed by atoms with Crippen molar-refractivity contribution in [3.63, 3.8) is 0 Å². The van der Waals surface area contributed by atoms with E-state index in [1.165, 1.54) is 36.3 Å². The lowest BCUT2D eigenvalue weighted by molar-refractivity contribution is -0.945. The van der Waals surface area contributed by atoms with Crippen LogP contribution in [0.15, 0.2) is 78.9 Å². The molecule has 1 amide bonds. The Balaban J connectivity index is 1.29. The van der Waals surface area contributed by atoms with E-state index in [0.29, 0.717) is 12.5 Å². The minimum atomic E-state index is -0.323. The van der Waals surface area contributed by atoms with Crippen LogP contribution < -0.4 is 4.90 Å². The number of hydrogen-bond donors (Lipinski definition) is 0. The summed E-state index contributed by atoms with van der Waals surface area (Å²) < 4.78 is 20.7. The number of fused-ring (bicyclic) bond motifs is 3. The highest BCUT2D eigenvalue weighted by molar-refractivity contribution is 5.87. The third kappa shape index (κ3) is 5.40. The summed E-state index contributed by atoms with van der Waals surface area (Å²) in [5.41, 5.74) is 4.41. The number of rotatable bonds is 7. The third-order valence-corrected chi connectivity index (χ3v) is 7.95. The van der Waals surface area contributed by atoms with Crippen LogP contribution in [0.3, 0.4) is 0 Å². The molecule has 3 aromatic rings. The number of hydrogen-bond acceptors (Lipinski definition) is 2. The molecule has 0 N–H and O–H groups in total. The van der Waals surface area contributed by atoms with Crippen molar-refractivity contribution in [2.24, 2.45) is 5.92 Å². The first-order chi connectivity index (χ1) is 17.0. The Morgan fingerprint density at radius 2 is 1.66 bits per heavy atom. The molecule has 3 aromatic carbocycles. The second-order valence-electron chi connectivity index (χ2n) is 10.2. The molecule has 0 spiro atoms. The average molecular weight is 474 g/mol. The van der Waals surface area contributed by atoms with Crippen molar-refractivity contribution in [1.29, 1.82) is 0 Å². The van der Waals surface area contributed by atoms with Gasteiger partial charge in [-0.05, 0) is 47.9 Å². The molecule has 35 heavy (non-hydrogen) atoms. The van der Waals surface area contributed by atoms with Crippen LogP contribution in [0.25, 0.3) is 0 Å². The van der Waals surface area contributed by atoms with Gasteiger partial charge in [0.2, 0.25) is 0 Å². The van der Waals surface area contributed by atoms with Crippen LogP contribution in [-0.4, -0.2) is 42.9 Å². The van der Waals surface area contributed by atoms with Crippen molar-refractivity contribution in [2.75, 3.05) is 31.1 Å². The van der Waals surface area contributed by atoms with Gasteiger partial charge in [-0.15, -0.1) is 0 Å². The van der Waals surface area contributed by atoms with Crippen molar-refractivity contribution < 1.29 is 18.4 Å². The fraction of sp³-hybridized carbons (Fsp3) is 0.367. The van der Waals surface area contributed by atoms with Crippen LogP contribution in [0.4, 0.5) is 14.9 Å². The minimum Gasteiger partial charge on any atom is -0.440 e. The number of para-hydroxylation sites is 1. The van der Waals surface area contributed by atoms with E-state index in [4.69, 9.17) is 4.74 Å². The van der Waals surface area contributed by atoms with Crippen molar-refractivity contribution in [1.82, 2.24) is 0 Å². The molecule has 0 unspecified atom stereocenters. The Bertz CT molecular complexity index is 1140. The molecule has 0 saturated carbocycles. The molecule has 0 aliphatic carbocycles. The first-order valence-corrected chi connectivity index (χ1v) is 12.7. The van der Waals surface area contributed by atoms with Crippen LogP contribution in [0, 0.1) is 18.7 Å². The van der Waals surface area contributed by atoms with E-state index >= 15 is 0 Å². The molecular formula is C30H34FN2O2+. The van der Waals surface area contributed by atoms with Gasteiger partial charge in [-0.2, -0.15) is 0 Å². The van der Waals surface area contributed by atoms with Gasteiger partial charge in [0.1, 0.15) is 12.4 Å². The number of carbonyl (C=O) groups excluding carboxylic acids is 1. The fourth-order valence-corrected chi connectivity index (χ4v) is 5.75. The average Bonchev–Trinajstić information content (AvgIpc) is 2.89. The first kappa shape index (κ1) is 23.6. The molecule has 0 aromatic heterocycles. The highest BCUT2D eigenvalue weighted by Crippen LogP contribution is 2.36. The predicted molar refractivity (Wildman–Crippen MR) is 137 cm³/mol. The molecule has 4 nitrogen and oxygen atoms in total. The Morgan fingerprint density at radius 1 is 0.971 bits per heavy atom. The van der Waals surface area contributed by atoms with Gasteiger partial charge >= 0.3 is 6.09 Å². The summed E-state index contributed by atoms with van der Waals surface area (Å²) in [6.45, 7) is 6.84. The minimum absolute atomic E-state index is 0.0682. The van der Waals surface area contributed by atoms with E-state index in [1.807, 2.05) is 30.3 Å². The highest BCUT2D eigenvalue weighted by Gasteiger charge is 2.47. The predicted octanol–water partition coefficient (Wildman–Crippen LogP) is 6.13. The van der Waals surface area contributed by atoms with Crippen LogP contribution in [0.2, 0.25) is 0 Å². The van der Waals surface area contributed by atoms with E-state index in [-0.39, 0.29) is 18.0 Å². The summed E-state index contributed by atoms with van der Waals surface area (Å²) in [7, 11) is 0. The zero-order chi connectivity index (χ0) is 24.3. The van der Waals surface area contributed by atoms with E-state index < -0.39 is 0 Å². The molecular weight excluding hydrogens is 439 g/mol. The van der Waals surface area contributed by atoms with Crippen LogP contribution in [-0.2, 0) is 17.7 Å². The van der Waals surface area contributed by atoms with E-state index in [0.717, 1.165) is 48.1 Å². The van der Waals surface area contributed by atoms with Gasteiger partial charge in [0.15, 0.2) is 6.10 Å². The number of amides is 1. The molecule has 3 fully saturated rings. The maximum atomic E-state index is 13.5. The molecule has 1 atom stereocenters. The molecule has 3 saturated heterocycles. The number of nitrogens with zero attached hydrogens (tertiary/aromatic N) is 2. The molecule has 3 aliphatic heterocycles. The standard InChI is InChI=1S/C30H34FN2O2/c1-23-7-5-6-8-25(23)15-18-33-19-16-26(17-20-33)29(22-33)35-30(34)32(28-9-3-2-4-10-28)21-24-11-13-27(31)14-12-24/h2-14,26,29H,15-22H2,1H3/q+1/t26?,29-,33?/m0/s1. The second kappa shape index (κ2) is 10.2. The molecule has 182 valence electrons. The zero-order valence-corrected chi connectivity index (χ0v) is 20.4. The summed E-state index contributed by atoms with van der Waals surface area (Å²) in [5.74, 6) is 0.149. The van der Waals surface area contributed by atoms with Gasteiger partial charge in [-0.3, -0.25) is 4.90 Å². The summed E-state index contributed by atoms with van der Waals surface area (Å²) in [6.07, 6.45) is 2.88. The lowest BCUT2D eigenvalue weighted by Crippen LogP contribution is -2.65. The van der Waals surface area contributed by atoms with Crippen molar-refractivity contribution in [3.8, 4) is 0 Å². The molecule has 5 heteroatoms. The van der Waals surface area contributed by atoms with Gasteiger partial charge in [-0.25, -0.2) is 9.18 Å². The second-order valence-corrected chi connectivity index (χ2v) is 10.2. The molecule has 3 heterocycles. The van der Waals surface area contributed by atoms with Crippen LogP contribution in [0.1, 0.15) is 29.5 Å². The topological polar surface area (TPSA) is 29.5 Å². The van der Waals surface area contributed by atoms with E-state index in [9.17, 15) is 9.18 Å². The number of carbonyl (C=O) groups is 1. The molecule has 6 rings (SSSR count). The zero-order valence-electron chi connectivity index (χ0n) is 20.4. The van der Waals surface area contributed by atoms with Gasteiger partial charge in [0.05, 0.1) is 26.2 Å². The largest absolute Gasteiger partial charge is 0.440 e. The van der Waals surface area contributed by atoms with Crippen molar-refractivity contribution in [2.45, 2.75) is 38.8 Å². The van der Waals surface area contributed by atoms with Crippen LogP contribution in [0.5, 0.6) is 0 Å². The first-order valence-electron chi connectivity index (χ1n) is 12.7. The summed E-state index contributed by atoms with van der Waals surface area (Å²) in [4.78, 5) is 15.2. The van der Waals surface area contributed by atoms with Gasteiger partial charge in [-0.1, -0.05) is 54.6 Å².